The lowest BCUT2D eigenvalue weighted by atomic mass is 10.0. The van der Waals surface area contributed by atoms with Crippen LogP contribution >= 0.6 is 0 Å². The van der Waals surface area contributed by atoms with Gasteiger partial charge in [0.15, 0.2) is 0 Å². The Bertz CT molecular complexity index is 347. The zero-order valence-corrected chi connectivity index (χ0v) is 13.6. The fourth-order valence-corrected chi connectivity index (χ4v) is 2.48. The first-order valence-corrected chi connectivity index (χ1v) is 7.62. The third-order valence-electron chi connectivity index (χ3n) is 3.54. The molecule has 6 heteroatoms. The second-order valence-electron chi connectivity index (χ2n) is 5.94. The first-order valence-electron chi connectivity index (χ1n) is 7.62. The van der Waals surface area contributed by atoms with E-state index in [1.165, 1.54) is 0 Å². The first-order chi connectivity index (χ1) is 9.95. The molecule has 6 nitrogen and oxygen atoms in total. The fraction of sp³-hybridized carbons (Fsp3) is 0.867. The van der Waals surface area contributed by atoms with Crippen molar-refractivity contribution < 1.29 is 19.1 Å². The van der Waals surface area contributed by atoms with E-state index in [9.17, 15) is 9.59 Å². The topological polar surface area (TPSA) is 67.9 Å². The Morgan fingerprint density at radius 2 is 2.00 bits per heavy atom. The summed E-state index contributed by atoms with van der Waals surface area (Å²) < 4.78 is 10.3. The number of nitrogens with one attached hydrogen (secondary N) is 1. The summed E-state index contributed by atoms with van der Waals surface area (Å²) in [5, 5.41) is 2.84. The molecule has 0 bridgehead atoms. The number of amides is 2. The molecular formula is C15H28N2O4. The van der Waals surface area contributed by atoms with Gasteiger partial charge in [-0.05, 0) is 19.3 Å². The van der Waals surface area contributed by atoms with Crippen LogP contribution in [0, 0.1) is 5.92 Å². The van der Waals surface area contributed by atoms with Crippen molar-refractivity contribution in [2.45, 2.75) is 45.7 Å². The van der Waals surface area contributed by atoms with Gasteiger partial charge in [-0.25, -0.2) is 0 Å². The van der Waals surface area contributed by atoms with E-state index >= 15 is 0 Å². The van der Waals surface area contributed by atoms with Crippen LogP contribution in [-0.4, -0.2) is 62.3 Å². The largest absolute Gasteiger partial charge is 0.382 e. The highest BCUT2D eigenvalue weighted by molar-refractivity contribution is 5.90. The Labute approximate surface area is 127 Å². The molecule has 1 aliphatic heterocycles. The molecule has 1 aliphatic rings. The van der Waals surface area contributed by atoms with E-state index in [1.54, 1.807) is 12.0 Å². The van der Waals surface area contributed by atoms with Crippen LogP contribution in [0.4, 0.5) is 0 Å². The zero-order chi connectivity index (χ0) is 15.8. The predicted molar refractivity (Wildman–Crippen MR) is 79.9 cm³/mol. The molecule has 0 spiro atoms. The highest BCUT2D eigenvalue weighted by atomic mass is 16.5. The van der Waals surface area contributed by atoms with Crippen LogP contribution in [0.15, 0.2) is 0 Å². The van der Waals surface area contributed by atoms with Crippen molar-refractivity contribution in [3.8, 4) is 0 Å². The van der Waals surface area contributed by atoms with E-state index in [4.69, 9.17) is 9.47 Å². The Kier molecular flexibility index (Phi) is 7.67. The Morgan fingerprint density at radius 3 is 2.62 bits per heavy atom. The molecule has 0 aromatic rings. The van der Waals surface area contributed by atoms with Gasteiger partial charge in [0.1, 0.15) is 6.04 Å². The van der Waals surface area contributed by atoms with Gasteiger partial charge in [-0.1, -0.05) is 13.8 Å². The van der Waals surface area contributed by atoms with Gasteiger partial charge in [-0.15, -0.1) is 0 Å². The fourth-order valence-electron chi connectivity index (χ4n) is 2.48. The number of methoxy groups -OCH3 is 1. The molecular weight excluding hydrogens is 272 g/mol. The van der Waals surface area contributed by atoms with Crippen molar-refractivity contribution in [2.24, 2.45) is 5.92 Å². The summed E-state index contributed by atoms with van der Waals surface area (Å²) in [5.74, 6) is 0.300. The zero-order valence-electron chi connectivity index (χ0n) is 13.6. The van der Waals surface area contributed by atoms with Crippen LogP contribution in [0.2, 0.25) is 0 Å². The van der Waals surface area contributed by atoms with Crippen molar-refractivity contribution in [1.82, 2.24) is 10.2 Å². The normalized spacial score (nSPS) is 23.4. The molecule has 1 saturated heterocycles. The lowest BCUT2D eigenvalue weighted by Crippen LogP contribution is -2.48. The number of carbonyl (C=O) groups excluding carboxylic acids is 2. The van der Waals surface area contributed by atoms with Crippen molar-refractivity contribution in [1.29, 1.82) is 0 Å². The van der Waals surface area contributed by atoms with Gasteiger partial charge in [0.05, 0.1) is 19.8 Å². The smallest absolute Gasteiger partial charge is 0.245 e. The number of nitrogens with zero attached hydrogens (tertiary/aromatic N) is 1. The summed E-state index contributed by atoms with van der Waals surface area (Å²) in [4.78, 5) is 26.2. The molecule has 122 valence electrons. The van der Waals surface area contributed by atoms with Gasteiger partial charge in [-0.2, -0.15) is 0 Å². The van der Waals surface area contributed by atoms with Crippen molar-refractivity contribution >= 4 is 11.8 Å². The molecule has 0 aromatic heterocycles. The predicted octanol–water partition coefficient (Wildman–Crippen LogP) is 0.801. The van der Waals surface area contributed by atoms with Crippen molar-refractivity contribution in [2.75, 3.05) is 33.5 Å². The standard InChI is InChI=1S/C15H28N2O4/c1-11(2)9-13-15(19)17(5-6-21-8-7-20-4)12(3)10-14(18)16-13/h11-13H,5-10H2,1-4H3,(H,16,18). The molecule has 0 aromatic carbocycles. The van der Waals surface area contributed by atoms with Gasteiger partial charge in [0.2, 0.25) is 11.8 Å². The van der Waals surface area contributed by atoms with E-state index in [0.717, 1.165) is 0 Å². The number of rotatable bonds is 8. The van der Waals surface area contributed by atoms with Crippen LogP contribution < -0.4 is 5.32 Å². The van der Waals surface area contributed by atoms with Crippen molar-refractivity contribution in [3.63, 3.8) is 0 Å². The van der Waals surface area contributed by atoms with Crippen molar-refractivity contribution in [3.05, 3.63) is 0 Å². The minimum Gasteiger partial charge on any atom is -0.382 e. The van der Waals surface area contributed by atoms with E-state index < -0.39 is 6.04 Å². The summed E-state index contributed by atoms with van der Waals surface area (Å²) in [6.07, 6.45) is 1.01. The molecule has 1 heterocycles. The number of hydrogen-bond donors (Lipinski definition) is 1. The van der Waals surface area contributed by atoms with Gasteiger partial charge < -0.3 is 19.7 Å². The number of carbonyl (C=O) groups is 2. The SMILES string of the molecule is COCCOCCN1C(=O)C(CC(C)C)NC(=O)CC1C. The third-order valence-corrected chi connectivity index (χ3v) is 3.54. The molecule has 0 radical (unpaired) electrons. The van der Waals surface area contributed by atoms with Gasteiger partial charge in [0, 0.05) is 26.1 Å². The Hall–Kier alpha value is -1.14. The summed E-state index contributed by atoms with van der Waals surface area (Å²) >= 11 is 0. The quantitative estimate of drug-likeness (QED) is 0.673. The minimum absolute atomic E-state index is 0.00242. The monoisotopic (exact) mass is 300 g/mol. The molecule has 1 rings (SSSR count). The molecule has 2 atom stereocenters. The maximum absolute atomic E-state index is 12.6. The van der Waals surface area contributed by atoms with Crippen LogP contribution in [-0.2, 0) is 19.1 Å². The molecule has 1 fully saturated rings. The first kappa shape index (κ1) is 17.9. The second kappa shape index (κ2) is 9.00. The summed E-state index contributed by atoms with van der Waals surface area (Å²) in [7, 11) is 1.62. The van der Waals surface area contributed by atoms with Gasteiger partial charge in [-0.3, -0.25) is 9.59 Å². The highest BCUT2D eigenvalue weighted by Gasteiger charge is 2.33. The van der Waals surface area contributed by atoms with Gasteiger partial charge >= 0.3 is 0 Å². The lowest BCUT2D eigenvalue weighted by Gasteiger charge is -2.29. The molecule has 2 amide bonds. The molecule has 1 N–H and O–H groups in total. The Morgan fingerprint density at radius 1 is 1.29 bits per heavy atom. The van der Waals surface area contributed by atoms with Gasteiger partial charge in [0.25, 0.3) is 0 Å². The average Bonchev–Trinajstić information content (AvgIpc) is 2.48. The lowest BCUT2D eigenvalue weighted by molar-refractivity contribution is -0.136. The summed E-state index contributed by atoms with van der Waals surface area (Å²) in [5.41, 5.74) is 0. The number of hydrogen-bond acceptors (Lipinski definition) is 4. The maximum Gasteiger partial charge on any atom is 0.245 e. The van der Waals surface area contributed by atoms with Crippen LogP contribution in [0.1, 0.15) is 33.6 Å². The molecule has 0 aliphatic carbocycles. The third kappa shape index (κ3) is 6.01. The average molecular weight is 300 g/mol. The van der Waals surface area contributed by atoms with Crippen LogP contribution in [0.5, 0.6) is 0 Å². The van der Waals surface area contributed by atoms with E-state index in [1.807, 2.05) is 20.8 Å². The second-order valence-corrected chi connectivity index (χ2v) is 5.94. The van der Waals surface area contributed by atoms with Crippen LogP contribution in [0.25, 0.3) is 0 Å². The molecule has 21 heavy (non-hydrogen) atoms. The highest BCUT2D eigenvalue weighted by Crippen LogP contribution is 2.15. The molecule has 2 unspecified atom stereocenters. The summed E-state index contributed by atoms with van der Waals surface area (Å²) in [6.45, 7) is 8.02. The minimum atomic E-state index is -0.415. The number of ether oxygens (including phenoxy) is 2. The molecule has 0 saturated carbocycles. The maximum atomic E-state index is 12.6. The Balaban J connectivity index is 2.60. The summed E-state index contributed by atoms with van der Waals surface area (Å²) in [6, 6.07) is -0.512. The van der Waals surface area contributed by atoms with E-state index in [2.05, 4.69) is 5.32 Å². The van der Waals surface area contributed by atoms with E-state index in [0.29, 0.717) is 45.1 Å². The van der Waals surface area contributed by atoms with Crippen LogP contribution in [0.3, 0.4) is 0 Å². The van der Waals surface area contributed by atoms with E-state index in [-0.39, 0.29) is 17.9 Å².